The first-order valence-electron chi connectivity index (χ1n) is 7.24. The number of allylic oxidation sites excluding steroid dienone is 1. The van der Waals surface area contributed by atoms with Crippen molar-refractivity contribution in [1.29, 1.82) is 0 Å². The Morgan fingerprint density at radius 2 is 0.955 bits per heavy atom. The average Bonchev–Trinajstić information content (AvgIpc) is 2.65. The van der Waals surface area contributed by atoms with E-state index in [0.717, 1.165) is 6.42 Å². The SMILES string of the molecule is C=C.C=CCC.C=Cc1ccccc1.C=Cc1ccccc1. The largest absolute Gasteiger partial charge is 0.106 e. The first-order valence-corrected chi connectivity index (χ1v) is 7.24. The molecule has 0 fully saturated rings. The highest BCUT2D eigenvalue weighted by Crippen LogP contribution is 1.98. The summed E-state index contributed by atoms with van der Waals surface area (Å²) in [5.74, 6) is 0. The van der Waals surface area contributed by atoms with Crippen LogP contribution in [0.3, 0.4) is 0 Å². The van der Waals surface area contributed by atoms with Crippen molar-refractivity contribution in [3.8, 4) is 0 Å². The van der Waals surface area contributed by atoms with E-state index in [2.05, 4.69) is 39.8 Å². The van der Waals surface area contributed by atoms with Crippen molar-refractivity contribution in [1.82, 2.24) is 0 Å². The van der Waals surface area contributed by atoms with E-state index in [1.807, 2.05) is 78.9 Å². The van der Waals surface area contributed by atoms with E-state index < -0.39 is 0 Å². The van der Waals surface area contributed by atoms with E-state index in [9.17, 15) is 0 Å². The van der Waals surface area contributed by atoms with Crippen LogP contribution in [0, 0.1) is 0 Å². The van der Waals surface area contributed by atoms with Crippen molar-refractivity contribution in [2.75, 3.05) is 0 Å². The molecule has 2 aromatic rings. The summed E-state index contributed by atoms with van der Waals surface area (Å²) in [5.41, 5.74) is 2.35. The third-order valence-electron chi connectivity index (χ3n) is 2.36. The normalized spacial score (nSPS) is 7.50. The van der Waals surface area contributed by atoms with Crippen LogP contribution in [0.25, 0.3) is 12.2 Å². The molecule has 0 saturated heterocycles. The Hall–Kier alpha value is -2.60. The van der Waals surface area contributed by atoms with Gasteiger partial charge in [-0.1, -0.05) is 99.0 Å². The fraction of sp³-hybridized carbons (Fsp3) is 0.0909. The van der Waals surface area contributed by atoms with Crippen LogP contribution in [-0.4, -0.2) is 0 Å². The minimum Gasteiger partial charge on any atom is -0.106 e. The molecule has 0 bridgehead atoms. The minimum atomic E-state index is 1.08. The van der Waals surface area contributed by atoms with Gasteiger partial charge in [0.25, 0.3) is 0 Å². The van der Waals surface area contributed by atoms with Crippen LogP contribution in [0.5, 0.6) is 0 Å². The van der Waals surface area contributed by atoms with Crippen molar-refractivity contribution in [2.24, 2.45) is 0 Å². The van der Waals surface area contributed by atoms with Crippen LogP contribution in [0.15, 0.2) is 99.6 Å². The van der Waals surface area contributed by atoms with Crippen LogP contribution in [0.4, 0.5) is 0 Å². The molecule has 0 amide bonds. The lowest BCUT2D eigenvalue weighted by Gasteiger charge is -1.85. The third kappa shape index (κ3) is 13.8. The Bertz CT molecular complexity index is 436. The Morgan fingerprint density at radius 1 is 0.682 bits per heavy atom. The summed E-state index contributed by atoms with van der Waals surface area (Å²) in [6.07, 6.45) is 6.62. The molecular weight excluding hydrogens is 264 g/mol. The van der Waals surface area contributed by atoms with Crippen LogP contribution < -0.4 is 0 Å². The Balaban J connectivity index is 0. The highest BCUT2D eigenvalue weighted by molar-refractivity contribution is 5.46. The van der Waals surface area contributed by atoms with Gasteiger partial charge in [-0.3, -0.25) is 0 Å². The maximum Gasteiger partial charge on any atom is -0.0263 e. The number of hydrogen-bond donors (Lipinski definition) is 0. The third-order valence-corrected chi connectivity index (χ3v) is 2.36. The Morgan fingerprint density at radius 3 is 1.09 bits per heavy atom. The minimum absolute atomic E-state index is 1.08. The zero-order valence-electron chi connectivity index (χ0n) is 13.7. The van der Waals surface area contributed by atoms with E-state index in [1.165, 1.54) is 11.1 Å². The van der Waals surface area contributed by atoms with Gasteiger partial charge in [-0.05, 0) is 17.5 Å². The van der Waals surface area contributed by atoms with Crippen LogP contribution in [0.2, 0.25) is 0 Å². The van der Waals surface area contributed by atoms with Gasteiger partial charge in [0.15, 0.2) is 0 Å². The lowest BCUT2D eigenvalue weighted by Crippen LogP contribution is -1.63. The summed E-state index contributed by atoms with van der Waals surface area (Å²) < 4.78 is 0. The fourth-order valence-corrected chi connectivity index (χ4v) is 1.18. The van der Waals surface area contributed by atoms with Gasteiger partial charge >= 0.3 is 0 Å². The second-order valence-corrected chi connectivity index (χ2v) is 3.93. The van der Waals surface area contributed by atoms with Gasteiger partial charge in [0, 0.05) is 0 Å². The van der Waals surface area contributed by atoms with E-state index in [-0.39, 0.29) is 0 Å². The molecule has 0 radical (unpaired) electrons. The van der Waals surface area contributed by atoms with Gasteiger partial charge in [-0.25, -0.2) is 0 Å². The number of hydrogen-bond acceptors (Lipinski definition) is 0. The Labute approximate surface area is 136 Å². The maximum absolute atomic E-state index is 3.63. The first-order chi connectivity index (χ1) is 10.8. The summed E-state index contributed by atoms with van der Waals surface area (Å²) in [6, 6.07) is 20.1. The van der Waals surface area contributed by atoms with Crippen molar-refractivity contribution >= 4 is 12.2 Å². The second-order valence-electron chi connectivity index (χ2n) is 3.93. The molecule has 116 valence electrons. The predicted molar refractivity (Wildman–Crippen MR) is 105 cm³/mol. The molecule has 0 aliphatic rings. The summed E-state index contributed by atoms with van der Waals surface area (Å²) in [5, 5.41) is 0. The topological polar surface area (TPSA) is 0 Å². The molecule has 0 aromatic heterocycles. The van der Waals surface area contributed by atoms with Crippen LogP contribution in [-0.2, 0) is 0 Å². The molecule has 2 aromatic carbocycles. The van der Waals surface area contributed by atoms with E-state index in [1.54, 1.807) is 0 Å². The molecule has 0 aliphatic heterocycles. The highest BCUT2D eigenvalue weighted by Gasteiger charge is 1.76. The average molecular weight is 292 g/mol. The molecule has 0 unspecified atom stereocenters. The van der Waals surface area contributed by atoms with Gasteiger partial charge in [0.05, 0.1) is 0 Å². The molecule has 0 heterocycles. The summed E-state index contributed by atoms with van der Waals surface area (Å²) >= 11 is 0. The molecule has 0 aliphatic carbocycles. The lowest BCUT2D eigenvalue weighted by atomic mass is 10.2. The van der Waals surface area contributed by atoms with Crippen LogP contribution in [0.1, 0.15) is 24.5 Å². The molecule has 0 heteroatoms. The molecular formula is C22H28. The molecule has 0 spiro atoms. The first kappa shape index (κ1) is 21.7. The van der Waals surface area contributed by atoms with Gasteiger partial charge < -0.3 is 0 Å². The molecule has 0 nitrogen and oxygen atoms in total. The van der Waals surface area contributed by atoms with Gasteiger partial charge in [-0.15, -0.1) is 19.7 Å². The van der Waals surface area contributed by atoms with Crippen molar-refractivity contribution in [3.63, 3.8) is 0 Å². The van der Waals surface area contributed by atoms with Crippen molar-refractivity contribution in [2.45, 2.75) is 13.3 Å². The van der Waals surface area contributed by atoms with Crippen molar-refractivity contribution < 1.29 is 0 Å². The van der Waals surface area contributed by atoms with Crippen LogP contribution >= 0.6 is 0 Å². The molecule has 0 N–H and O–H groups in total. The van der Waals surface area contributed by atoms with Gasteiger partial charge in [0.1, 0.15) is 0 Å². The smallest absolute Gasteiger partial charge is 0.0263 e. The monoisotopic (exact) mass is 292 g/mol. The van der Waals surface area contributed by atoms with Crippen molar-refractivity contribution in [3.05, 3.63) is 111 Å². The second kappa shape index (κ2) is 18.4. The fourth-order valence-electron chi connectivity index (χ4n) is 1.18. The molecule has 22 heavy (non-hydrogen) atoms. The quantitative estimate of drug-likeness (QED) is 0.532. The van der Waals surface area contributed by atoms with E-state index in [0.29, 0.717) is 0 Å². The lowest BCUT2D eigenvalue weighted by molar-refractivity contribution is 1.23. The summed E-state index contributed by atoms with van der Waals surface area (Å²) in [4.78, 5) is 0. The van der Waals surface area contributed by atoms with E-state index in [4.69, 9.17) is 0 Å². The standard InChI is InChI=1S/2C8H8.C4H8.C2H4/c2*1-2-8-6-4-3-5-7-8;1-3-4-2;1-2/h2*2-7H,1H2;3H,1,4H2,2H3;1-2H2. The Kier molecular flexibility index (Phi) is 18.1. The molecule has 0 atom stereocenters. The molecule has 2 rings (SSSR count). The zero-order chi connectivity index (χ0) is 17.1. The summed E-state index contributed by atoms with van der Waals surface area (Å²) in [7, 11) is 0. The van der Waals surface area contributed by atoms with E-state index >= 15 is 0 Å². The van der Waals surface area contributed by atoms with Gasteiger partial charge in [0.2, 0.25) is 0 Å². The zero-order valence-corrected chi connectivity index (χ0v) is 13.7. The number of benzene rings is 2. The predicted octanol–water partition coefficient (Wildman–Crippen LogP) is 7.04. The maximum atomic E-state index is 3.63. The molecule has 0 saturated carbocycles. The van der Waals surface area contributed by atoms with Gasteiger partial charge in [-0.2, -0.15) is 0 Å². The summed E-state index contributed by atoms with van der Waals surface area (Å²) in [6.45, 7) is 18.8. The highest BCUT2D eigenvalue weighted by atomic mass is 13.8. The number of rotatable bonds is 3.